The summed E-state index contributed by atoms with van der Waals surface area (Å²) in [5.74, 6) is 0.00728. The van der Waals surface area contributed by atoms with Gasteiger partial charge in [0, 0.05) is 23.3 Å². The number of aryl methyl sites for hydroxylation is 2. The third-order valence-electron chi connectivity index (χ3n) is 5.83. The molecule has 0 radical (unpaired) electrons. The lowest BCUT2D eigenvalue weighted by Crippen LogP contribution is -2.28. The van der Waals surface area contributed by atoms with Crippen LogP contribution in [-0.4, -0.2) is 17.4 Å². The molecular weight excluding hydrogens is 354 g/mol. The number of hydrogen-bond donors (Lipinski definition) is 1. The molecule has 0 saturated heterocycles. The zero-order valence-electron chi connectivity index (χ0n) is 15.3. The summed E-state index contributed by atoms with van der Waals surface area (Å²) in [6.45, 7) is 0.718. The SMILES string of the molecule is Nc1c(C(=O)N2CCc3ccccc32)sc2nc3c(cc12)CCCCCC3. The zero-order chi connectivity index (χ0) is 18.4. The van der Waals surface area contributed by atoms with Crippen LogP contribution in [0.1, 0.15) is 52.2 Å². The molecule has 1 aliphatic heterocycles. The van der Waals surface area contributed by atoms with E-state index in [0.717, 1.165) is 41.7 Å². The molecule has 3 heterocycles. The fourth-order valence-electron chi connectivity index (χ4n) is 4.34. The zero-order valence-corrected chi connectivity index (χ0v) is 16.1. The molecule has 0 spiro atoms. The first kappa shape index (κ1) is 16.8. The Hall–Kier alpha value is -2.40. The van der Waals surface area contributed by atoms with Gasteiger partial charge in [0.15, 0.2) is 0 Å². The molecule has 1 aromatic carbocycles. The maximum atomic E-state index is 13.3. The number of rotatable bonds is 1. The van der Waals surface area contributed by atoms with Gasteiger partial charge in [-0.15, -0.1) is 11.3 Å². The molecule has 1 aliphatic carbocycles. The highest BCUT2D eigenvalue weighted by Gasteiger charge is 2.29. The number of anilines is 2. The van der Waals surface area contributed by atoms with Gasteiger partial charge in [-0.1, -0.05) is 31.0 Å². The number of para-hydroxylation sites is 1. The van der Waals surface area contributed by atoms with Crippen molar-refractivity contribution in [2.24, 2.45) is 0 Å². The number of aromatic nitrogens is 1. The van der Waals surface area contributed by atoms with E-state index >= 15 is 0 Å². The largest absolute Gasteiger partial charge is 0.397 e. The standard InChI is InChI=1S/C22H23N3OS/c23-19-16-13-15-8-3-1-2-4-9-17(15)24-21(16)27-20(19)22(26)25-12-11-14-7-5-6-10-18(14)25/h5-7,10,13H,1-4,8-9,11-12,23H2. The first-order chi connectivity index (χ1) is 13.2. The molecule has 4 nitrogen and oxygen atoms in total. The van der Waals surface area contributed by atoms with Crippen LogP contribution in [0.5, 0.6) is 0 Å². The van der Waals surface area contributed by atoms with Crippen LogP contribution in [0.4, 0.5) is 11.4 Å². The maximum Gasteiger partial charge on any atom is 0.270 e. The van der Waals surface area contributed by atoms with E-state index < -0.39 is 0 Å². The van der Waals surface area contributed by atoms with Gasteiger partial charge in [-0.2, -0.15) is 0 Å². The Bertz CT molecular complexity index is 1040. The second-order valence-corrected chi connectivity index (χ2v) is 8.54. The predicted molar refractivity (Wildman–Crippen MR) is 112 cm³/mol. The summed E-state index contributed by atoms with van der Waals surface area (Å²) < 4.78 is 0. The van der Waals surface area contributed by atoms with Crippen molar-refractivity contribution in [3.8, 4) is 0 Å². The smallest absolute Gasteiger partial charge is 0.270 e. The molecule has 1 amide bonds. The van der Waals surface area contributed by atoms with Crippen molar-refractivity contribution in [2.75, 3.05) is 17.2 Å². The number of carbonyl (C=O) groups is 1. The Morgan fingerprint density at radius 3 is 2.74 bits per heavy atom. The van der Waals surface area contributed by atoms with Crippen molar-refractivity contribution in [3.63, 3.8) is 0 Å². The number of amides is 1. The quantitative estimate of drug-likeness (QED) is 0.666. The number of pyridine rings is 1. The average Bonchev–Trinajstić information content (AvgIpc) is 3.23. The van der Waals surface area contributed by atoms with Crippen LogP contribution in [0.2, 0.25) is 0 Å². The second kappa shape index (κ2) is 6.64. The molecule has 2 N–H and O–H groups in total. The molecule has 138 valence electrons. The van der Waals surface area contributed by atoms with Gasteiger partial charge in [-0.05, 0) is 55.4 Å². The minimum absolute atomic E-state index is 0.00728. The summed E-state index contributed by atoms with van der Waals surface area (Å²) in [6, 6.07) is 10.3. The predicted octanol–water partition coefficient (Wildman–Crippen LogP) is 4.74. The van der Waals surface area contributed by atoms with Crippen LogP contribution < -0.4 is 10.6 Å². The normalized spacial score (nSPS) is 16.7. The Balaban J connectivity index is 1.56. The molecule has 2 aromatic heterocycles. The van der Waals surface area contributed by atoms with Crippen molar-refractivity contribution in [2.45, 2.75) is 44.9 Å². The van der Waals surface area contributed by atoms with Gasteiger partial charge >= 0.3 is 0 Å². The summed E-state index contributed by atoms with van der Waals surface area (Å²) in [7, 11) is 0. The molecule has 27 heavy (non-hydrogen) atoms. The van der Waals surface area contributed by atoms with Gasteiger partial charge in [-0.3, -0.25) is 4.79 Å². The number of nitrogen functional groups attached to an aromatic ring is 1. The lowest BCUT2D eigenvalue weighted by atomic mass is 9.96. The number of hydrogen-bond acceptors (Lipinski definition) is 4. The number of benzene rings is 1. The van der Waals surface area contributed by atoms with Crippen molar-refractivity contribution < 1.29 is 4.79 Å². The minimum Gasteiger partial charge on any atom is -0.397 e. The lowest BCUT2D eigenvalue weighted by Gasteiger charge is -2.16. The average molecular weight is 378 g/mol. The van der Waals surface area contributed by atoms with E-state index in [1.54, 1.807) is 0 Å². The molecule has 0 saturated carbocycles. The summed E-state index contributed by atoms with van der Waals surface area (Å²) >= 11 is 1.45. The molecule has 0 bridgehead atoms. The summed E-state index contributed by atoms with van der Waals surface area (Å²) in [5, 5.41) is 0.954. The molecule has 0 fully saturated rings. The van der Waals surface area contributed by atoms with Crippen LogP contribution in [-0.2, 0) is 19.3 Å². The van der Waals surface area contributed by atoms with Gasteiger partial charge in [-0.25, -0.2) is 4.98 Å². The van der Waals surface area contributed by atoms with Gasteiger partial charge in [0.2, 0.25) is 0 Å². The van der Waals surface area contributed by atoms with Crippen molar-refractivity contribution in [3.05, 3.63) is 52.0 Å². The lowest BCUT2D eigenvalue weighted by molar-refractivity contribution is 0.0994. The van der Waals surface area contributed by atoms with Crippen molar-refractivity contribution in [1.29, 1.82) is 0 Å². The van der Waals surface area contributed by atoms with Gasteiger partial charge in [0.25, 0.3) is 5.91 Å². The maximum absolute atomic E-state index is 13.3. The third kappa shape index (κ3) is 2.81. The molecular formula is C22H23N3OS. The van der Waals surface area contributed by atoms with E-state index in [2.05, 4.69) is 12.1 Å². The fraction of sp³-hybridized carbons (Fsp3) is 0.364. The molecule has 0 atom stereocenters. The molecule has 0 unspecified atom stereocenters. The number of fused-ring (bicyclic) bond motifs is 3. The Kier molecular flexibility index (Phi) is 4.12. The van der Waals surface area contributed by atoms with Crippen molar-refractivity contribution >= 4 is 38.8 Å². The topological polar surface area (TPSA) is 59.2 Å². The van der Waals surface area contributed by atoms with Gasteiger partial charge in [0.1, 0.15) is 9.71 Å². The Morgan fingerprint density at radius 1 is 1.04 bits per heavy atom. The Labute approximate surface area is 163 Å². The number of carbonyl (C=O) groups excluding carboxylic acids is 1. The van der Waals surface area contributed by atoms with E-state index in [1.807, 2.05) is 23.1 Å². The fourth-order valence-corrected chi connectivity index (χ4v) is 5.39. The third-order valence-corrected chi connectivity index (χ3v) is 6.93. The van der Waals surface area contributed by atoms with Gasteiger partial charge in [0.05, 0.1) is 5.69 Å². The highest BCUT2D eigenvalue weighted by Crippen LogP contribution is 2.38. The van der Waals surface area contributed by atoms with E-state index in [9.17, 15) is 4.79 Å². The molecule has 2 aliphatic rings. The summed E-state index contributed by atoms with van der Waals surface area (Å²) in [4.78, 5) is 21.6. The minimum atomic E-state index is 0.00728. The molecule has 3 aromatic rings. The summed E-state index contributed by atoms with van der Waals surface area (Å²) in [5.41, 5.74) is 11.8. The van der Waals surface area contributed by atoms with Crippen LogP contribution in [0.25, 0.3) is 10.2 Å². The number of nitrogens with zero attached hydrogens (tertiary/aromatic N) is 2. The first-order valence-electron chi connectivity index (χ1n) is 9.83. The molecule has 5 heteroatoms. The Morgan fingerprint density at radius 2 is 1.85 bits per heavy atom. The first-order valence-corrected chi connectivity index (χ1v) is 10.6. The number of nitrogens with two attached hydrogens (primary N) is 1. The molecule has 5 rings (SSSR count). The van der Waals surface area contributed by atoms with Crippen molar-refractivity contribution in [1.82, 2.24) is 4.98 Å². The van der Waals surface area contributed by atoms with Crippen LogP contribution >= 0.6 is 11.3 Å². The van der Waals surface area contributed by atoms with E-state index in [0.29, 0.717) is 10.6 Å². The van der Waals surface area contributed by atoms with Crippen LogP contribution in [0, 0.1) is 0 Å². The summed E-state index contributed by atoms with van der Waals surface area (Å²) in [6.07, 6.45) is 7.98. The monoisotopic (exact) mass is 377 g/mol. The van der Waals surface area contributed by atoms with E-state index in [1.165, 1.54) is 53.8 Å². The van der Waals surface area contributed by atoms with Crippen LogP contribution in [0.15, 0.2) is 30.3 Å². The number of thiophene rings is 1. The highest BCUT2D eigenvalue weighted by molar-refractivity contribution is 7.21. The second-order valence-electron chi connectivity index (χ2n) is 7.54. The van der Waals surface area contributed by atoms with E-state index in [4.69, 9.17) is 10.7 Å². The highest BCUT2D eigenvalue weighted by atomic mass is 32.1. The van der Waals surface area contributed by atoms with Crippen LogP contribution in [0.3, 0.4) is 0 Å². The van der Waals surface area contributed by atoms with E-state index in [-0.39, 0.29) is 5.91 Å². The van der Waals surface area contributed by atoms with Gasteiger partial charge < -0.3 is 10.6 Å².